The normalized spacial score (nSPS) is 18.3. The summed E-state index contributed by atoms with van der Waals surface area (Å²) in [6, 6.07) is 4.72. The largest absolute Gasteiger partial charge is 0.495 e. The summed E-state index contributed by atoms with van der Waals surface area (Å²) in [5.41, 5.74) is 1.19. The van der Waals surface area contributed by atoms with E-state index < -0.39 is 0 Å². The molecule has 21 heavy (non-hydrogen) atoms. The van der Waals surface area contributed by atoms with Gasteiger partial charge in [-0.15, -0.1) is 0 Å². The van der Waals surface area contributed by atoms with Crippen molar-refractivity contribution in [1.29, 1.82) is 0 Å². The molecule has 0 aliphatic heterocycles. The highest BCUT2D eigenvalue weighted by Gasteiger charge is 2.19. The van der Waals surface area contributed by atoms with Gasteiger partial charge in [-0.2, -0.15) is 0 Å². The molecule has 118 valence electrons. The fourth-order valence-corrected chi connectivity index (χ4v) is 4.70. The second-order valence-electron chi connectivity index (χ2n) is 6.00. The Morgan fingerprint density at radius 2 is 1.86 bits per heavy atom. The minimum absolute atomic E-state index is 0.561. The summed E-state index contributed by atoms with van der Waals surface area (Å²) in [5, 5.41) is 3.70. The predicted molar refractivity (Wildman–Crippen MR) is 95.9 cm³/mol. The molecule has 0 radical (unpaired) electrons. The standard InChI is InChI=1S/C17H25Br2NO/c1-12(13-7-5-3-4-6-8-13)20-11-14-9-15(18)10-16(19)17(14)21-2/h9-10,12-13,20H,3-8,11H2,1-2H3/t12-/m0/s1. The van der Waals surface area contributed by atoms with Crippen molar-refractivity contribution >= 4 is 31.9 Å². The molecule has 4 heteroatoms. The maximum atomic E-state index is 5.52. The number of halogens is 2. The SMILES string of the molecule is COc1c(Br)cc(Br)cc1CN[C@@H](C)C1CCCCCC1. The Balaban J connectivity index is 1.98. The van der Waals surface area contributed by atoms with E-state index >= 15 is 0 Å². The van der Waals surface area contributed by atoms with Crippen LogP contribution in [0.15, 0.2) is 21.1 Å². The Kier molecular flexibility index (Phi) is 7.03. The van der Waals surface area contributed by atoms with Crippen LogP contribution >= 0.6 is 31.9 Å². The first-order valence-corrected chi connectivity index (χ1v) is 9.45. The molecule has 1 aliphatic rings. The molecule has 0 bridgehead atoms. The van der Waals surface area contributed by atoms with Crippen LogP contribution in [-0.4, -0.2) is 13.2 Å². The van der Waals surface area contributed by atoms with Crippen LogP contribution in [0.1, 0.15) is 51.0 Å². The summed E-state index contributed by atoms with van der Waals surface area (Å²) >= 11 is 7.13. The highest BCUT2D eigenvalue weighted by atomic mass is 79.9. The van der Waals surface area contributed by atoms with Gasteiger partial charge in [0, 0.05) is 22.6 Å². The van der Waals surface area contributed by atoms with Gasteiger partial charge < -0.3 is 10.1 Å². The molecule has 1 aliphatic carbocycles. The Labute approximate surface area is 145 Å². The number of ether oxygens (including phenoxy) is 1. The molecule has 1 fully saturated rings. The average Bonchev–Trinajstić information content (AvgIpc) is 2.73. The lowest BCUT2D eigenvalue weighted by Gasteiger charge is -2.24. The third-order valence-electron chi connectivity index (χ3n) is 4.51. The molecule has 1 aromatic carbocycles. The summed E-state index contributed by atoms with van der Waals surface area (Å²) in [7, 11) is 1.73. The van der Waals surface area contributed by atoms with Gasteiger partial charge in [0.2, 0.25) is 0 Å². The van der Waals surface area contributed by atoms with E-state index in [1.165, 1.54) is 44.1 Å². The van der Waals surface area contributed by atoms with E-state index in [9.17, 15) is 0 Å². The van der Waals surface area contributed by atoms with Crippen molar-refractivity contribution in [2.24, 2.45) is 5.92 Å². The van der Waals surface area contributed by atoms with Crippen LogP contribution in [0.3, 0.4) is 0 Å². The Hall–Kier alpha value is -0.0600. The lowest BCUT2D eigenvalue weighted by atomic mass is 9.93. The van der Waals surface area contributed by atoms with Crippen molar-refractivity contribution in [3.05, 3.63) is 26.6 Å². The van der Waals surface area contributed by atoms with E-state index in [0.29, 0.717) is 6.04 Å². The lowest BCUT2D eigenvalue weighted by molar-refractivity contribution is 0.333. The maximum absolute atomic E-state index is 5.52. The first kappa shape index (κ1) is 17.3. The highest BCUT2D eigenvalue weighted by Crippen LogP contribution is 2.33. The molecule has 1 N–H and O–H groups in total. The van der Waals surface area contributed by atoms with Gasteiger partial charge in [-0.3, -0.25) is 0 Å². The summed E-state index contributed by atoms with van der Waals surface area (Å²) in [6.07, 6.45) is 8.34. The Morgan fingerprint density at radius 3 is 2.48 bits per heavy atom. The smallest absolute Gasteiger partial charge is 0.137 e. The molecule has 1 atom stereocenters. The predicted octanol–water partition coefficient (Wildman–Crippen LogP) is 5.67. The van der Waals surface area contributed by atoms with Crippen molar-refractivity contribution in [3.8, 4) is 5.75 Å². The van der Waals surface area contributed by atoms with Gasteiger partial charge in [0.15, 0.2) is 0 Å². The molecular formula is C17H25Br2NO. The fourth-order valence-electron chi connectivity index (χ4n) is 3.22. The molecule has 0 spiro atoms. The van der Waals surface area contributed by atoms with Crippen LogP contribution in [0.2, 0.25) is 0 Å². The van der Waals surface area contributed by atoms with Crippen LogP contribution in [0.4, 0.5) is 0 Å². The van der Waals surface area contributed by atoms with Gasteiger partial charge in [-0.05, 0) is 53.7 Å². The first-order chi connectivity index (χ1) is 10.1. The van der Waals surface area contributed by atoms with E-state index in [2.05, 4.69) is 50.2 Å². The number of nitrogens with one attached hydrogen (secondary N) is 1. The van der Waals surface area contributed by atoms with Gasteiger partial charge in [0.25, 0.3) is 0 Å². The van der Waals surface area contributed by atoms with Crippen molar-refractivity contribution in [1.82, 2.24) is 5.32 Å². The highest BCUT2D eigenvalue weighted by molar-refractivity contribution is 9.11. The number of methoxy groups -OCH3 is 1. The van der Waals surface area contributed by atoms with E-state index in [0.717, 1.165) is 27.2 Å². The summed E-state index contributed by atoms with van der Waals surface area (Å²) in [6.45, 7) is 3.17. The minimum atomic E-state index is 0.561. The van der Waals surface area contributed by atoms with Crippen molar-refractivity contribution in [2.75, 3.05) is 7.11 Å². The molecule has 2 nitrogen and oxygen atoms in total. The van der Waals surface area contributed by atoms with Crippen molar-refractivity contribution in [3.63, 3.8) is 0 Å². The summed E-state index contributed by atoms with van der Waals surface area (Å²) in [5.74, 6) is 1.74. The first-order valence-electron chi connectivity index (χ1n) is 7.87. The van der Waals surface area contributed by atoms with E-state index in [1.54, 1.807) is 7.11 Å². The molecule has 0 aromatic heterocycles. The van der Waals surface area contributed by atoms with Gasteiger partial charge in [-0.1, -0.05) is 41.6 Å². The lowest BCUT2D eigenvalue weighted by Crippen LogP contribution is -2.33. The number of benzene rings is 1. The quantitative estimate of drug-likeness (QED) is 0.622. The monoisotopic (exact) mass is 417 g/mol. The molecule has 0 amide bonds. The second-order valence-corrected chi connectivity index (χ2v) is 7.77. The third-order valence-corrected chi connectivity index (χ3v) is 5.56. The van der Waals surface area contributed by atoms with Crippen LogP contribution < -0.4 is 10.1 Å². The maximum Gasteiger partial charge on any atom is 0.137 e. The zero-order valence-electron chi connectivity index (χ0n) is 12.9. The van der Waals surface area contributed by atoms with Crippen LogP contribution in [0.5, 0.6) is 5.75 Å². The molecule has 2 rings (SSSR count). The molecule has 1 saturated carbocycles. The fraction of sp³-hybridized carbons (Fsp3) is 0.647. The van der Waals surface area contributed by atoms with Crippen molar-refractivity contribution < 1.29 is 4.74 Å². The minimum Gasteiger partial charge on any atom is -0.495 e. The van der Waals surface area contributed by atoms with Crippen LogP contribution in [0, 0.1) is 5.92 Å². The molecule has 0 saturated heterocycles. The Bertz CT molecular complexity index is 456. The molecule has 0 heterocycles. The third kappa shape index (κ3) is 4.97. The zero-order chi connectivity index (χ0) is 15.2. The van der Waals surface area contributed by atoms with Crippen LogP contribution in [-0.2, 0) is 6.54 Å². The molecular weight excluding hydrogens is 394 g/mol. The van der Waals surface area contributed by atoms with Gasteiger partial charge in [0.1, 0.15) is 5.75 Å². The van der Waals surface area contributed by atoms with Gasteiger partial charge in [-0.25, -0.2) is 0 Å². The average molecular weight is 419 g/mol. The summed E-state index contributed by atoms with van der Waals surface area (Å²) in [4.78, 5) is 0. The van der Waals surface area contributed by atoms with E-state index in [1.807, 2.05) is 6.07 Å². The number of rotatable bonds is 5. The molecule has 1 aromatic rings. The Morgan fingerprint density at radius 1 is 1.19 bits per heavy atom. The number of hydrogen-bond donors (Lipinski definition) is 1. The van der Waals surface area contributed by atoms with E-state index in [4.69, 9.17) is 4.74 Å². The van der Waals surface area contributed by atoms with E-state index in [-0.39, 0.29) is 0 Å². The topological polar surface area (TPSA) is 21.3 Å². The van der Waals surface area contributed by atoms with Gasteiger partial charge in [0.05, 0.1) is 11.6 Å². The molecule has 0 unspecified atom stereocenters. The second kappa shape index (κ2) is 8.54. The number of hydrogen-bond acceptors (Lipinski definition) is 2. The van der Waals surface area contributed by atoms with Crippen molar-refractivity contribution in [2.45, 2.75) is 58.0 Å². The van der Waals surface area contributed by atoms with Crippen LogP contribution in [0.25, 0.3) is 0 Å². The van der Waals surface area contributed by atoms with Gasteiger partial charge >= 0.3 is 0 Å². The summed E-state index contributed by atoms with van der Waals surface area (Å²) < 4.78 is 7.60. The zero-order valence-corrected chi connectivity index (χ0v) is 16.1.